The maximum Gasteiger partial charge on any atom is 0.153 e. The molecular weight excluding hydrogens is 207 g/mol. The Morgan fingerprint density at radius 1 is 1.78 bits per heavy atom. The van der Waals surface area contributed by atoms with Gasteiger partial charge in [0.15, 0.2) is 6.29 Å². The van der Waals surface area contributed by atoms with Crippen LogP contribution in [0.4, 0.5) is 0 Å². The van der Waals surface area contributed by atoms with Crippen LogP contribution in [0.15, 0.2) is 0 Å². The highest BCUT2D eigenvalue weighted by molar-refractivity contribution is 9.09. The van der Waals surface area contributed by atoms with Crippen LogP contribution in [-0.4, -0.2) is 22.3 Å². The molecule has 2 unspecified atom stereocenters. The molecule has 2 nitrogen and oxygen atoms in total. The summed E-state index contributed by atoms with van der Waals surface area (Å²) in [7, 11) is 0. The summed E-state index contributed by atoms with van der Waals surface area (Å²) in [4.78, 5) is 0. The van der Waals surface area contributed by atoms with Crippen LogP contribution in [0.1, 0.15) is 13.3 Å². The van der Waals surface area contributed by atoms with Crippen molar-refractivity contribution in [1.29, 1.82) is 0 Å². The van der Waals surface area contributed by atoms with Crippen LogP contribution >= 0.6 is 27.5 Å². The highest BCUT2D eigenvalue weighted by Crippen LogP contribution is 2.07. The van der Waals surface area contributed by atoms with Gasteiger partial charge in [0.25, 0.3) is 0 Å². The molecular formula is C5H10BrClO2. The zero-order valence-corrected chi connectivity index (χ0v) is 7.52. The lowest BCUT2D eigenvalue weighted by atomic mass is 10.5. The van der Waals surface area contributed by atoms with Gasteiger partial charge in [-0.2, -0.15) is 0 Å². The fraction of sp³-hybridized carbons (Fsp3) is 1.00. The van der Waals surface area contributed by atoms with E-state index in [0.717, 1.165) is 5.33 Å². The maximum atomic E-state index is 8.63. The number of aliphatic hydroxyl groups excluding tert-OH is 1. The molecule has 0 aliphatic heterocycles. The molecule has 0 heterocycles. The van der Waals surface area contributed by atoms with Crippen molar-refractivity contribution >= 4 is 27.5 Å². The van der Waals surface area contributed by atoms with E-state index in [1.54, 1.807) is 0 Å². The van der Waals surface area contributed by atoms with Gasteiger partial charge in [-0.25, -0.2) is 0 Å². The van der Waals surface area contributed by atoms with Crippen molar-refractivity contribution < 1.29 is 9.84 Å². The first-order valence-electron chi connectivity index (χ1n) is 2.70. The van der Waals surface area contributed by atoms with Gasteiger partial charge in [-0.05, 0) is 13.3 Å². The lowest BCUT2D eigenvalue weighted by molar-refractivity contribution is -0.0985. The van der Waals surface area contributed by atoms with Crippen molar-refractivity contribution in [2.75, 3.05) is 5.33 Å². The van der Waals surface area contributed by atoms with E-state index in [1.807, 2.05) is 0 Å². The van der Waals surface area contributed by atoms with Crippen molar-refractivity contribution in [1.82, 2.24) is 0 Å². The van der Waals surface area contributed by atoms with E-state index in [-0.39, 0.29) is 5.56 Å². The van der Waals surface area contributed by atoms with E-state index in [9.17, 15) is 0 Å². The molecule has 0 aliphatic carbocycles. The number of hydrogen-bond donors (Lipinski definition) is 1. The van der Waals surface area contributed by atoms with Gasteiger partial charge in [0.05, 0.1) is 0 Å². The number of aliphatic hydroxyl groups is 1. The molecule has 0 aromatic rings. The van der Waals surface area contributed by atoms with Crippen LogP contribution < -0.4 is 0 Å². The first-order chi connectivity index (χ1) is 4.16. The largest absolute Gasteiger partial charge is 0.368 e. The molecule has 0 amide bonds. The molecule has 56 valence electrons. The van der Waals surface area contributed by atoms with Crippen LogP contribution in [0.3, 0.4) is 0 Å². The Balaban J connectivity index is 3.15. The zero-order valence-electron chi connectivity index (χ0n) is 5.18. The predicted octanol–water partition coefficient (Wildman–Crippen LogP) is 1.69. The summed E-state index contributed by atoms with van der Waals surface area (Å²) in [5, 5.41) is 9.41. The lowest BCUT2D eigenvalue weighted by Crippen LogP contribution is -2.14. The molecule has 1 N–H and O–H groups in total. The van der Waals surface area contributed by atoms with Gasteiger partial charge in [-0.3, -0.25) is 0 Å². The molecule has 9 heavy (non-hydrogen) atoms. The monoisotopic (exact) mass is 216 g/mol. The predicted molar refractivity (Wildman–Crippen MR) is 40.8 cm³/mol. The molecule has 0 aromatic heterocycles. The Morgan fingerprint density at radius 3 is 2.67 bits per heavy atom. The minimum Gasteiger partial charge on any atom is -0.368 e. The molecule has 0 saturated carbocycles. The van der Waals surface area contributed by atoms with Crippen LogP contribution in [-0.2, 0) is 4.74 Å². The third-order valence-electron chi connectivity index (χ3n) is 0.681. The quantitative estimate of drug-likeness (QED) is 0.574. The third-order valence-corrected chi connectivity index (χ3v) is 1.46. The molecule has 0 saturated heterocycles. The molecule has 0 aromatic carbocycles. The Bertz CT molecular complexity index is 70.0. The first kappa shape index (κ1) is 9.69. The highest BCUT2D eigenvalue weighted by atomic mass is 79.9. The summed E-state index contributed by atoms with van der Waals surface area (Å²) in [6.45, 7) is 1.53. The number of hydrogen-bond acceptors (Lipinski definition) is 2. The van der Waals surface area contributed by atoms with Crippen LogP contribution in [0.2, 0.25) is 0 Å². The van der Waals surface area contributed by atoms with E-state index < -0.39 is 6.29 Å². The topological polar surface area (TPSA) is 29.5 Å². The van der Waals surface area contributed by atoms with Crippen molar-refractivity contribution in [3.63, 3.8) is 0 Å². The Hall–Kier alpha value is 0.690. The van der Waals surface area contributed by atoms with E-state index in [4.69, 9.17) is 21.4 Å². The van der Waals surface area contributed by atoms with Crippen molar-refractivity contribution in [3.05, 3.63) is 0 Å². The molecule has 0 aliphatic rings. The Labute approximate surface area is 68.3 Å². The third kappa shape index (κ3) is 6.58. The fourth-order valence-electron chi connectivity index (χ4n) is 0.368. The average Bonchev–Trinajstić information content (AvgIpc) is 1.63. The summed E-state index contributed by atoms with van der Waals surface area (Å²) in [6.07, 6.45) is -0.0709. The van der Waals surface area contributed by atoms with Gasteiger partial charge in [0.1, 0.15) is 5.56 Å². The van der Waals surface area contributed by atoms with Gasteiger partial charge in [-0.1, -0.05) is 27.5 Å². The van der Waals surface area contributed by atoms with Crippen molar-refractivity contribution in [2.45, 2.75) is 25.2 Å². The number of ether oxygens (including phenoxy) is 1. The highest BCUT2D eigenvalue weighted by Gasteiger charge is 2.05. The second-order valence-electron chi connectivity index (χ2n) is 1.62. The normalized spacial score (nSPS) is 17.3. The molecule has 4 heteroatoms. The van der Waals surface area contributed by atoms with Crippen molar-refractivity contribution in [3.8, 4) is 0 Å². The molecule has 0 fully saturated rings. The smallest absolute Gasteiger partial charge is 0.153 e. The Morgan fingerprint density at radius 2 is 2.33 bits per heavy atom. The second kappa shape index (κ2) is 5.47. The van der Waals surface area contributed by atoms with Gasteiger partial charge in [0.2, 0.25) is 0 Å². The maximum absolute atomic E-state index is 8.63. The lowest BCUT2D eigenvalue weighted by Gasteiger charge is -2.10. The van der Waals surface area contributed by atoms with E-state index in [1.165, 1.54) is 6.92 Å². The van der Waals surface area contributed by atoms with E-state index in [0.29, 0.717) is 6.42 Å². The summed E-state index contributed by atoms with van der Waals surface area (Å²) in [5.41, 5.74) is -0.385. The van der Waals surface area contributed by atoms with Gasteiger partial charge < -0.3 is 9.84 Å². The summed E-state index contributed by atoms with van der Waals surface area (Å²) >= 11 is 8.76. The van der Waals surface area contributed by atoms with E-state index >= 15 is 0 Å². The SMILES string of the molecule is CC(O)OC(Cl)CCBr. The average molecular weight is 217 g/mol. The van der Waals surface area contributed by atoms with Crippen molar-refractivity contribution in [2.24, 2.45) is 0 Å². The molecule has 0 rings (SSSR count). The molecule has 0 spiro atoms. The number of halogens is 2. The zero-order chi connectivity index (χ0) is 7.28. The molecule has 0 bridgehead atoms. The van der Waals surface area contributed by atoms with Gasteiger partial charge in [0, 0.05) is 5.33 Å². The standard InChI is InChI=1S/C5H10BrClO2/c1-4(8)9-5(7)2-3-6/h4-5,8H,2-3H2,1H3. The second-order valence-corrected chi connectivity index (χ2v) is 2.90. The fourth-order valence-corrected chi connectivity index (χ4v) is 1.30. The number of alkyl halides is 2. The van der Waals surface area contributed by atoms with E-state index in [2.05, 4.69) is 15.9 Å². The van der Waals surface area contributed by atoms with Crippen LogP contribution in [0.5, 0.6) is 0 Å². The van der Waals surface area contributed by atoms with Crippen LogP contribution in [0.25, 0.3) is 0 Å². The van der Waals surface area contributed by atoms with Crippen LogP contribution in [0, 0.1) is 0 Å². The summed E-state index contributed by atoms with van der Waals surface area (Å²) in [5.74, 6) is 0. The summed E-state index contributed by atoms with van der Waals surface area (Å²) in [6, 6.07) is 0. The van der Waals surface area contributed by atoms with Gasteiger partial charge in [-0.15, -0.1) is 0 Å². The first-order valence-corrected chi connectivity index (χ1v) is 4.26. The molecule has 0 radical (unpaired) electrons. The van der Waals surface area contributed by atoms with Gasteiger partial charge >= 0.3 is 0 Å². The Kier molecular flexibility index (Phi) is 5.89. The molecule has 2 atom stereocenters. The minimum absolute atomic E-state index is 0.385. The number of rotatable bonds is 4. The minimum atomic E-state index is -0.772. The summed E-state index contributed by atoms with van der Waals surface area (Å²) < 4.78 is 4.78.